The first-order valence-electron chi connectivity index (χ1n) is 6.31. The average molecular weight is 288 g/mol. The third-order valence-electron chi connectivity index (χ3n) is 2.91. The van der Waals surface area contributed by atoms with Crippen LogP contribution in [0.2, 0.25) is 0 Å². The van der Waals surface area contributed by atoms with Gasteiger partial charge in [0.05, 0.1) is 17.9 Å². The molecule has 3 nitrogen and oxygen atoms in total. The molecule has 0 aromatic heterocycles. The maximum atomic E-state index is 12.2. The van der Waals surface area contributed by atoms with E-state index >= 15 is 0 Å². The van der Waals surface area contributed by atoms with E-state index in [-0.39, 0.29) is 12.2 Å². The van der Waals surface area contributed by atoms with Gasteiger partial charge < -0.3 is 4.74 Å². The van der Waals surface area contributed by atoms with Crippen LogP contribution >= 0.6 is 0 Å². The van der Waals surface area contributed by atoms with Crippen LogP contribution in [0.15, 0.2) is 59.5 Å². The van der Waals surface area contributed by atoms with Crippen LogP contribution in [0, 0.1) is 0 Å². The highest BCUT2D eigenvalue weighted by molar-refractivity contribution is 7.85. The number of Topliss-reactive ketones (excluding diaryl/α,β-unsaturated/α-hetero) is 1. The first-order chi connectivity index (χ1) is 9.70. The minimum atomic E-state index is -1.19. The summed E-state index contributed by atoms with van der Waals surface area (Å²) in [5, 5.41) is 0. The maximum absolute atomic E-state index is 12.2. The molecule has 1 unspecified atom stereocenters. The molecule has 0 heterocycles. The van der Waals surface area contributed by atoms with Crippen molar-refractivity contribution in [2.24, 2.45) is 0 Å². The van der Waals surface area contributed by atoms with Crippen LogP contribution in [0.25, 0.3) is 0 Å². The van der Waals surface area contributed by atoms with Crippen LogP contribution in [-0.4, -0.2) is 22.9 Å². The quantitative estimate of drug-likeness (QED) is 0.767. The van der Waals surface area contributed by atoms with Crippen molar-refractivity contribution in [3.8, 4) is 5.75 Å². The van der Waals surface area contributed by atoms with Gasteiger partial charge in [0, 0.05) is 22.6 Å². The fourth-order valence-electron chi connectivity index (χ4n) is 1.81. The van der Waals surface area contributed by atoms with Crippen LogP contribution in [0.3, 0.4) is 0 Å². The zero-order valence-corrected chi connectivity index (χ0v) is 12.1. The summed E-state index contributed by atoms with van der Waals surface area (Å²) in [6, 6.07) is 16.2. The predicted molar refractivity (Wildman–Crippen MR) is 79.7 cm³/mol. The summed E-state index contributed by atoms with van der Waals surface area (Å²) in [7, 11) is 0.380. The van der Waals surface area contributed by atoms with E-state index in [9.17, 15) is 9.00 Å². The van der Waals surface area contributed by atoms with Crippen molar-refractivity contribution in [1.29, 1.82) is 0 Å². The molecule has 0 fully saturated rings. The van der Waals surface area contributed by atoms with Crippen molar-refractivity contribution < 1.29 is 13.7 Å². The van der Waals surface area contributed by atoms with Gasteiger partial charge in [-0.25, -0.2) is 0 Å². The Morgan fingerprint density at radius 1 is 1.10 bits per heavy atom. The lowest BCUT2D eigenvalue weighted by Gasteiger charge is -2.05. The third-order valence-corrected chi connectivity index (χ3v) is 4.27. The molecule has 0 aliphatic rings. The molecule has 2 aromatic carbocycles. The van der Waals surface area contributed by atoms with E-state index < -0.39 is 10.8 Å². The normalized spacial score (nSPS) is 11.8. The first kappa shape index (κ1) is 14.5. The minimum absolute atomic E-state index is 0.0156. The van der Waals surface area contributed by atoms with Crippen LogP contribution in [0.1, 0.15) is 16.8 Å². The lowest BCUT2D eigenvalue weighted by Crippen LogP contribution is -2.06. The second kappa shape index (κ2) is 7.01. The summed E-state index contributed by atoms with van der Waals surface area (Å²) < 4.78 is 17.3. The van der Waals surface area contributed by atoms with Gasteiger partial charge in [-0.15, -0.1) is 0 Å². The van der Waals surface area contributed by atoms with E-state index in [1.54, 1.807) is 43.5 Å². The number of methoxy groups -OCH3 is 1. The lowest BCUT2D eigenvalue weighted by molar-refractivity contribution is 0.0989. The van der Waals surface area contributed by atoms with Gasteiger partial charge >= 0.3 is 0 Å². The molecule has 0 saturated carbocycles. The molecule has 0 radical (unpaired) electrons. The second-order valence-corrected chi connectivity index (χ2v) is 5.84. The molecule has 0 aliphatic heterocycles. The zero-order chi connectivity index (χ0) is 14.4. The third kappa shape index (κ3) is 3.78. The van der Waals surface area contributed by atoms with Crippen LogP contribution in [0.4, 0.5) is 0 Å². The van der Waals surface area contributed by atoms with E-state index in [0.29, 0.717) is 22.0 Å². The number of hydrogen-bond donors (Lipinski definition) is 0. The van der Waals surface area contributed by atoms with Gasteiger partial charge in [-0.2, -0.15) is 0 Å². The van der Waals surface area contributed by atoms with Crippen LogP contribution < -0.4 is 4.74 Å². The number of hydrogen-bond acceptors (Lipinski definition) is 3. The molecule has 0 amide bonds. The van der Waals surface area contributed by atoms with Gasteiger partial charge in [-0.1, -0.05) is 36.4 Å². The number of carbonyl (C=O) groups is 1. The van der Waals surface area contributed by atoms with Crippen molar-refractivity contribution >= 4 is 16.6 Å². The molecule has 4 heteroatoms. The molecule has 0 bridgehead atoms. The summed E-state index contributed by atoms with van der Waals surface area (Å²) in [6.45, 7) is 0. The molecule has 2 aromatic rings. The first-order valence-corrected chi connectivity index (χ1v) is 7.63. The monoisotopic (exact) mass is 288 g/mol. The summed E-state index contributed by atoms with van der Waals surface area (Å²) in [4.78, 5) is 12.6. The Morgan fingerprint density at radius 3 is 2.55 bits per heavy atom. The minimum Gasteiger partial charge on any atom is -0.497 e. The molecular weight excluding hydrogens is 272 g/mol. The summed E-state index contributed by atoms with van der Waals surface area (Å²) in [5.41, 5.74) is 0.662. The van der Waals surface area contributed by atoms with Gasteiger partial charge in [-0.3, -0.25) is 9.00 Å². The Kier molecular flexibility index (Phi) is 5.07. The molecular formula is C16H16O3S. The van der Waals surface area contributed by atoms with E-state index in [4.69, 9.17) is 4.74 Å². The molecule has 0 aliphatic carbocycles. The molecule has 104 valence electrons. The lowest BCUT2D eigenvalue weighted by atomic mass is 10.1. The fourth-order valence-corrected chi connectivity index (χ4v) is 2.90. The second-order valence-electron chi connectivity index (χ2n) is 4.27. The largest absolute Gasteiger partial charge is 0.497 e. The summed E-state index contributed by atoms with van der Waals surface area (Å²) in [5.74, 6) is 1.01. The smallest absolute Gasteiger partial charge is 0.163 e. The Morgan fingerprint density at radius 2 is 1.85 bits per heavy atom. The van der Waals surface area contributed by atoms with E-state index in [1.165, 1.54) is 0 Å². The van der Waals surface area contributed by atoms with Crippen LogP contribution in [0.5, 0.6) is 5.75 Å². The van der Waals surface area contributed by atoms with Gasteiger partial charge in [0.1, 0.15) is 5.75 Å². The maximum Gasteiger partial charge on any atom is 0.163 e. The van der Waals surface area contributed by atoms with Crippen molar-refractivity contribution in [3.05, 3.63) is 60.2 Å². The van der Waals surface area contributed by atoms with Crippen LogP contribution in [-0.2, 0) is 10.8 Å². The molecule has 0 saturated heterocycles. The van der Waals surface area contributed by atoms with Crippen molar-refractivity contribution in [2.45, 2.75) is 11.3 Å². The zero-order valence-electron chi connectivity index (χ0n) is 11.2. The topological polar surface area (TPSA) is 43.4 Å². The van der Waals surface area contributed by atoms with Crippen molar-refractivity contribution in [1.82, 2.24) is 0 Å². The summed E-state index contributed by atoms with van der Waals surface area (Å²) in [6.07, 6.45) is 0.272. The van der Waals surface area contributed by atoms with E-state index in [1.807, 2.05) is 18.2 Å². The average Bonchev–Trinajstić information content (AvgIpc) is 2.53. The van der Waals surface area contributed by atoms with Gasteiger partial charge in [0.15, 0.2) is 5.78 Å². The number of carbonyl (C=O) groups excluding carboxylic acids is 1. The molecule has 20 heavy (non-hydrogen) atoms. The highest BCUT2D eigenvalue weighted by Crippen LogP contribution is 2.16. The SMILES string of the molecule is COc1cccc(S(=O)CCC(=O)c2ccccc2)c1. The molecule has 2 rings (SSSR count). The highest BCUT2D eigenvalue weighted by Gasteiger charge is 2.10. The molecule has 0 N–H and O–H groups in total. The number of ether oxygens (including phenoxy) is 1. The highest BCUT2D eigenvalue weighted by atomic mass is 32.2. The Labute approximate surface area is 121 Å². The van der Waals surface area contributed by atoms with Crippen molar-refractivity contribution in [2.75, 3.05) is 12.9 Å². The Bertz CT molecular complexity index is 608. The predicted octanol–water partition coefficient (Wildman–Crippen LogP) is 3.08. The number of benzene rings is 2. The molecule has 1 atom stereocenters. The molecule has 0 spiro atoms. The van der Waals surface area contributed by atoms with E-state index in [0.717, 1.165) is 0 Å². The van der Waals surface area contributed by atoms with Gasteiger partial charge in [0.25, 0.3) is 0 Å². The number of ketones is 1. The van der Waals surface area contributed by atoms with Gasteiger partial charge in [0.2, 0.25) is 0 Å². The fraction of sp³-hybridized carbons (Fsp3) is 0.188. The number of rotatable bonds is 6. The summed E-state index contributed by atoms with van der Waals surface area (Å²) >= 11 is 0. The van der Waals surface area contributed by atoms with E-state index in [2.05, 4.69) is 0 Å². The standard InChI is InChI=1S/C16H16O3S/c1-19-14-8-5-9-15(12-14)20(18)11-10-16(17)13-6-3-2-4-7-13/h2-9,12H,10-11H2,1H3. The van der Waals surface area contributed by atoms with Crippen molar-refractivity contribution in [3.63, 3.8) is 0 Å². The Hall–Kier alpha value is -1.94. The Balaban J connectivity index is 1.97. The van der Waals surface area contributed by atoms with Gasteiger partial charge in [-0.05, 0) is 18.2 Å².